The van der Waals surface area contributed by atoms with E-state index in [-0.39, 0.29) is 30.1 Å². The molecule has 112 valence electrons. The summed E-state index contributed by atoms with van der Waals surface area (Å²) in [7, 11) is 0. The maximum Gasteiger partial charge on any atom is 0.292 e. The first-order chi connectivity index (χ1) is 10.2. The molecule has 4 nitrogen and oxygen atoms in total. The lowest BCUT2D eigenvalue weighted by Crippen LogP contribution is -3.16. The molecular formula is C16H20FN2O2+. The van der Waals surface area contributed by atoms with Gasteiger partial charge in [-0.25, -0.2) is 9.29 Å². The van der Waals surface area contributed by atoms with Crippen LogP contribution in [0.1, 0.15) is 32.1 Å². The van der Waals surface area contributed by atoms with Crippen LogP contribution in [-0.4, -0.2) is 30.9 Å². The highest BCUT2D eigenvalue weighted by Crippen LogP contribution is 2.22. The molecule has 2 saturated heterocycles. The Balaban J connectivity index is 1.79. The zero-order chi connectivity index (χ0) is 14.8. The van der Waals surface area contributed by atoms with Crippen LogP contribution in [0.4, 0.5) is 10.1 Å². The van der Waals surface area contributed by atoms with Crippen molar-refractivity contribution in [2.75, 3.05) is 18.0 Å². The lowest BCUT2D eigenvalue weighted by atomic mass is 10.2. The monoisotopic (exact) mass is 291 g/mol. The maximum absolute atomic E-state index is 13.0. The van der Waals surface area contributed by atoms with Gasteiger partial charge < -0.3 is 4.90 Å². The fraction of sp³-hybridized carbons (Fsp3) is 0.500. The number of carbonyl (C=O) groups excluding carboxylic acids is 2. The van der Waals surface area contributed by atoms with Crippen LogP contribution in [0.15, 0.2) is 24.3 Å². The summed E-state index contributed by atoms with van der Waals surface area (Å²) in [4.78, 5) is 27.3. The maximum atomic E-state index is 13.0. The number of nitrogens with zero attached hydrogens (tertiary/aromatic N) is 1. The second-order valence-corrected chi connectivity index (χ2v) is 5.87. The molecule has 5 heteroatoms. The number of likely N-dealkylation sites (tertiary alicyclic amines) is 1. The smallest absolute Gasteiger partial charge is 0.292 e. The van der Waals surface area contributed by atoms with E-state index in [2.05, 4.69) is 0 Å². The average molecular weight is 291 g/mol. The number of carbonyl (C=O) groups is 2. The molecule has 0 saturated carbocycles. The first-order valence-corrected chi connectivity index (χ1v) is 7.64. The summed E-state index contributed by atoms with van der Waals surface area (Å²) in [6.07, 6.45) is 4.92. The van der Waals surface area contributed by atoms with Gasteiger partial charge in [-0.05, 0) is 49.9 Å². The molecule has 0 radical (unpaired) electrons. The van der Waals surface area contributed by atoms with E-state index in [0.29, 0.717) is 5.69 Å². The summed E-state index contributed by atoms with van der Waals surface area (Å²) >= 11 is 0. The van der Waals surface area contributed by atoms with Gasteiger partial charge in [0.05, 0.1) is 25.2 Å². The lowest BCUT2D eigenvalue weighted by Gasteiger charge is -2.22. The van der Waals surface area contributed by atoms with Crippen LogP contribution >= 0.6 is 0 Å². The third kappa shape index (κ3) is 2.83. The van der Waals surface area contributed by atoms with Crippen molar-refractivity contribution in [2.24, 2.45) is 0 Å². The second-order valence-electron chi connectivity index (χ2n) is 5.87. The van der Waals surface area contributed by atoms with Crippen molar-refractivity contribution in [1.82, 2.24) is 0 Å². The van der Waals surface area contributed by atoms with Crippen LogP contribution in [0.2, 0.25) is 0 Å². The predicted molar refractivity (Wildman–Crippen MR) is 76.5 cm³/mol. The Morgan fingerprint density at radius 1 is 1.00 bits per heavy atom. The van der Waals surface area contributed by atoms with Crippen molar-refractivity contribution in [1.29, 1.82) is 0 Å². The van der Waals surface area contributed by atoms with E-state index in [1.54, 1.807) is 0 Å². The predicted octanol–water partition coefficient (Wildman–Crippen LogP) is 0.916. The minimum absolute atomic E-state index is 0.136. The van der Waals surface area contributed by atoms with Gasteiger partial charge in [-0.15, -0.1) is 0 Å². The molecule has 2 fully saturated rings. The fourth-order valence-corrected chi connectivity index (χ4v) is 3.34. The molecule has 0 unspecified atom stereocenters. The molecule has 1 aromatic rings. The number of quaternary nitrogens is 1. The highest BCUT2D eigenvalue weighted by molar-refractivity contribution is 6.21. The summed E-state index contributed by atoms with van der Waals surface area (Å²) in [5.41, 5.74) is 0.475. The number of rotatable bonds is 2. The van der Waals surface area contributed by atoms with Crippen LogP contribution in [0.25, 0.3) is 0 Å². The first-order valence-electron chi connectivity index (χ1n) is 7.64. The van der Waals surface area contributed by atoms with Crippen molar-refractivity contribution < 1.29 is 18.9 Å². The summed E-state index contributed by atoms with van der Waals surface area (Å²) in [6, 6.07) is 5.28. The molecule has 3 rings (SSSR count). The van der Waals surface area contributed by atoms with E-state index in [1.807, 2.05) is 0 Å². The molecule has 1 N–H and O–H groups in total. The largest absolute Gasteiger partial charge is 0.324 e. The lowest BCUT2D eigenvalue weighted by molar-refractivity contribution is -0.914. The molecule has 2 aliphatic rings. The highest BCUT2D eigenvalue weighted by Gasteiger charge is 2.45. The molecule has 1 aromatic carbocycles. The van der Waals surface area contributed by atoms with Gasteiger partial charge in [0, 0.05) is 0 Å². The van der Waals surface area contributed by atoms with E-state index < -0.39 is 0 Å². The minimum Gasteiger partial charge on any atom is -0.324 e. The average Bonchev–Trinajstić information content (AvgIpc) is 2.69. The van der Waals surface area contributed by atoms with E-state index in [4.69, 9.17) is 0 Å². The van der Waals surface area contributed by atoms with Crippen molar-refractivity contribution >= 4 is 17.5 Å². The zero-order valence-electron chi connectivity index (χ0n) is 12.0. The quantitative estimate of drug-likeness (QED) is 0.823. The van der Waals surface area contributed by atoms with E-state index >= 15 is 0 Å². The highest BCUT2D eigenvalue weighted by atomic mass is 19.1. The molecule has 2 aliphatic heterocycles. The summed E-state index contributed by atoms with van der Waals surface area (Å²) < 4.78 is 13.0. The Morgan fingerprint density at radius 2 is 1.62 bits per heavy atom. The van der Waals surface area contributed by atoms with Crippen molar-refractivity contribution in [3.05, 3.63) is 30.1 Å². The van der Waals surface area contributed by atoms with E-state index in [1.165, 1.54) is 46.9 Å². The number of imide groups is 1. The number of hydrogen-bond donors (Lipinski definition) is 1. The zero-order valence-corrected chi connectivity index (χ0v) is 12.0. The van der Waals surface area contributed by atoms with Gasteiger partial charge in [0.1, 0.15) is 5.82 Å². The summed E-state index contributed by atoms with van der Waals surface area (Å²) in [5, 5.41) is 0. The van der Waals surface area contributed by atoms with Gasteiger partial charge in [0.25, 0.3) is 5.91 Å². The third-order valence-electron chi connectivity index (χ3n) is 4.47. The van der Waals surface area contributed by atoms with Crippen LogP contribution in [-0.2, 0) is 9.59 Å². The molecule has 0 aliphatic carbocycles. The van der Waals surface area contributed by atoms with Crippen LogP contribution in [0.3, 0.4) is 0 Å². The fourth-order valence-electron chi connectivity index (χ4n) is 3.34. The Labute approximate surface area is 123 Å². The molecule has 2 heterocycles. The molecule has 0 spiro atoms. The Kier molecular flexibility index (Phi) is 4.01. The Bertz CT molecular complexity index is 536. The Hall–Kier alpha value is -1.75. The van der Waals surface area contributed by atoms with Crippen molar-refractivity contribution in [2.45, 2.75) is 38.1 Å². The molecule has 21 heavy (non-hydrogen) atoms. The van der Waals surface area contributed by atoms with Crippen molar-refractivity contribution in [3.63, 3.8) is 0 Å². The van der Waals surface area contributed by atoms with Gasteiger partial charge in [0.2, 0.25) is 5.91 Å². The first kappa shape index (κ1) is 14.2. The normalized spacial score (nSPS) is 24.4. The standard InChI is InChI=1S/C16H19FN2O2/c17-12-5-7-13(8-6-12)19-15(20)11-14(16(19)21)18-9-3-1-2-4-10-18/h5-8,14H,1-4,9-11H2/p+1/t14-/m0/s1. The molecule has 0 aromatic heterocycles. The van der Waals surface area contributed by atoms with Crippen molar-refractivity contribution in [3.8, 4) is 0 Å². The molecule has 1 atom stereocenters. The van der Waals surface area contributed by atoms with E-state index in [0.717, 1.165) is 25.9 Å². The number of amides is 2. The van der Waals surface area contributed by atoms with Gasteiger partial charge in [-0.2, -0.15) is 0 Å². The number of halogens is 1. The van der Waals surface area contributed by atoms with Gasteiger partial charge >= 0.3 is 0 Å². The van der Waals surface area contributed by atoms with Gasteiger partial charge in [-0.3, -0.25) is 9.59 Å². The SMILES string of the molecule is O=C1C[C@H]([NH+]2CCCCCC2)C(=O)N1c1ccc(F)cc1. The Morgan fingerprint density at radius 3 is 2.24 bits per heavy atom. The van der Waals surface area contributed by atoms with E-state index in [9.17, 15) is 14.0 Å². The molecular weight excluding hydrogens is 271 g/mol. The topological polar surface area (TPSA) is 41.8 Å². The third-order valence-corrected chi connectivity index (χ3v) is 4.47. The minimum atomic E-state index is -0.368. The number of hydrogen-bond acceptors (Lipinski definition) is 2. The van der Waals surface area contributed by atoms with Gasteiger partial charge in [0.15, 0.2) is 6.04 Å². The van der Waals surface area contributed by atoms with Crippen LogP contribution in [0, 0.1) is 5.82 Å². The van der Waals surface area contributed by atoms with Crippen LogP contribution in [0.5, 0.6) is 0 Å². The number of benzene rings is 1. The second kappa shape index (κ2) is 5.93. The number of anilines is 1. The van der Waals surface area contributed by atoms with Crippen LogP contribution < -0.4 is 9.80 Å². The summed E-state index contributed by atoms with van der Waals surface area (Å²) in [5.74, 6) is -0.676. The molecule has 2 amide bonds. The van der Waals surface area contributed by atoms with Gasteiger partial charge in [-0.1, -0.05) is 0 Å². The molecule has 0 bridgehead atoms. The summed E-state index contributed by atoms with van der Waals surface area (Å²) in [6.45, 7) is 1.92. The number of nitrogens with one attached hydrogen (secondary N) is 1.